The third-order valence-corrected chi connectivity index (χ3v) is 1.43. The van der Waals surface area contributed by atoms with Crippen molar-refractivity contribution in [3.63, 3.8) is 0 Å². The summed E-state index contributed by atoms with van der Waals surface area (Å²) < 4.78 is 10.00. The van der Waals surface area contributed by atoms with Crippen molar-refractivity contribution in [3.05, 3.63) is 12.2 Å². The maximum Gasteiger partial charge on any atom is 0.330 e. The van der Waals surface area contributed by atoms with Crippen molar-refractivity contribution in [1.29, 1.82) is 0 Å². The lowest BCUT2D eigenvalue weighted by molar-refractivity contribution is -0.137. The summed E-state index contributed by atoms with van der Waals surface area (Å²) in [5.74, 6) is 1.99. The van der Waals surface area contributed by atoms with Crippen LogP contribution in [0.15, 0.2) is 12.2 Å². The number of ether oxygens (including phenoxy) is 2. The molecule has 0 aromatic rings. The number of esters is 1. The van der Waals surface area contributed by atoms with Gasteiger partial charge in [0.15, 0.2) is 0 Å². The Kier molecular flexibility index (Phi) is 5.66. The Bertz CT molecular complexity index is 246. The van der Waals surface area contributed by atoms with Gasteiger partial charge in [-0.25, -0.2) is 4.79 Å². The molecule has 3 nitrogen and oxygen atoms in total. The van der Waals surface area contributed by atoms with Crippen molar-refractivity contribution >= 4 is 5.97 Å². The zero-order valence-corrected chi connectivity index (χ0v) is 8.87. The molecule has 0 aliphatic carbocycles. The molecule has 3 heteroatoms. The summed E-state index contributed by atoms with van der Waals surface area (Å²) in [7, 11) is 0. The highest BCUT2D eigenvalue weighted by Crippen LogP contribution is 2.10. The quantitative estimate of drug-likeness (QED) is 0.380. The molecule has 0 aromatic carbocycles. The van der Waals surface area contributed by atoms with Crippen LogP contribution in [0.4, 0.5) is 0 Å². The molecule has 0 saturated heterocycles. The van der Waals surface area contributed by atoms with Gasteiger partial charge in [-0.1, -0.05) is 5.92 Å². The van der Waals surface area contributed by atoms with Gasteiger partial charge in [0.2, 0.25) is 0 Å². The summed E-state index contributed by atoms with van der Waals surface area (Å²) in [6.07, 6.45) is 8.02. The standard InChI is InChI=1S/C11H16O3/c1-5-9-14-11(3,4)8-7-10(12)13-6-2/h1,7-8H,6,9H2,2-4H3/b8-7+. The highest BCUT2D eigenvalue weighted by molar-refractivity contribution is 5.82. The summed E-state index contributed by atoms with van der Waals surface area (Å²) >= 11 is 0. The van der Waals surface area contributed by atoms with E-state index in [1.165, 1.54) is 6.08 Å². The van der Waals surface area contributed by atoms with Crippen LogP contribution in [0.2, 0.25) is 0 Å². The molecule has 0 atom stereocenters. The average Bonchev–Trinajstić information content (AvgIpc) is 2.13. The molecule has 0 saturated carbocycles. The fourth-order valence-electron chi connectivity index (χ4n) is 0.735. The predicted molar refractivity (Wildman–Crippen MR) is 54.6 cm³/mol. The lowest BCUT2D eigenvalue weighted by Gasteiger charge is -2.19. The molecule has 14 heavy (non-hydrogen) atoms. The normalized spacial score (nSPS) is 11.3. The predicted octanol–water partition coefficient (Wildman–Crippen LogP) is 1.53. The van der Waals surface area contributed by atoms with Crippen LogP contribution < -0.4 is 0 Å². The second-order valence-electron chi connectivity index (χ2n) is 3.18. The zero-order chi connectivity index (χ0) is 11.0. The summed E-state index contributed by atoms with van der Waals surface area (Å²) in [5, 5.41) is 0. The maximum absolute atomic E-state index is 11.0. The highest BCUT2D eigenvalue weighted by atomic mass is 16.5. The Balaban J connectivity index is 4.07. The van der Waals surface area contributed by atoms with Crippen molar-refractivity contribution in [2.75, 3.05) is 13.2 Å². The summed E-state index contributed by atoms with van der Waals surface area (Å²) in [6, 6.07) is 0. The minimum atomic E-state index is -0.543. The van der Waals surface area contributed by atoms with Gasteiger partial charge in [0.25, 0.3) is 0 Å². The van der Waals surface area contributed by atoms with E-state index in [1.54, 1.807) is 13.0 Å². The van der Waals surface area contributed by atoms with Gasteiger partial charge in [-0.15, -0.1) is 6.42 Å². The lowest BCUT2D eigenvalue weighted by Crippen LogP contribution is -2.22. The largest absolute Gasteiger partial charge is 0.463 e. The van der Waals surface area contributed by atoms with Crippen molar-refractivity contribution in [1.82, 2.24) is 0 Å². The highest BCUT2D eigenvalue weighted by Gasteiger charge is 2.13. The fraction of sp³-hybridized carbons (Fsp3) is 0.545. The first-order valence-electron chi connectivity index (χ1n) is 4.45. The molecular weight excluding hydrogens is 180 g/mol. The molecule has 0 spiro atoms. The Morgan fingerprint density at radius 3 is 2.71 bits per heavy atom. The maximum atomic E-state index is 11.0. The van der Waals surface area contributed by atoms with Crippen LogP contribution in [0.5, 0.6) is 0 Å². The zero-order valence-electron chi connectivity index (χ0n) is 8.87. The van der Waals surface area contributed by atoms with Gasteiger partial charge in [0, 0.05) is 6.08 Å². The number of hydrogen-bond acceptors (Lipinski definition) is 3. The first kappa shape index (κ1) is 12.7. The SMILES string of the molecule is C#CCOC(C)(C)/C=C/C(=O)OCC. The van der Waals surface area contributed by atoms with E-state index < -0.39 is 5.60 Å². The first-order chi connectivity index (χ1) is 6.52. The average molecular weight is 196 g/mol. The Labute approximate surface area is 85.1 Å². The topological polar surface area (TPSA) is 35.5 Å². The van der Waals surface area contributed by atoms with Crippen LogP contribution in [0.1, 0.15) is 20.8 Å². The van der Waals surface area contributed by atoms with Gasteiger partial charge in [0.1, 0.15) is 6.61 Å². The second-order valence-corrected chi connectivity index (χ2v) is 3.18. The number of terminal acetylenes is 1. The molecule has 0 N–H and O–H groups in total. The van der Waals surface area contributed by atoms with Gasteiger partial charge in [-0.3, -0.25) is 0 Å². The number of carbonyl (C=O) groups excluding carboxylic acids is 1. The Morgan fingerprint density at radius 1 is 1.57 bits per heavy atom. The van der Waals surface area contributed by atoms with Crippen LogP contribution in [0.25, 0.3) is 0 Å². The molecule has 0 unspecified atom stereocenters. The molecule has 0 heterocycles. The minimum Gasteiger partial charge on any atom is -0.463 e. The van der Waals surface area contributed by atoms with E-state index >= 15 is 0 Å². The number of hydrogen-bond donors (Lipinski definition) is 0. The fourth-order valence-corrected chi connectivity index (χ4v) is 0.735. The third-order valence-electron chi connectivity index (χ3n) is 1.43. The van der Waals surface area contributed by atoms with E-state index in [0.717, 1.165) is 0 Å². The number of carbonyl (C=O) groups is 1. The lowest BCUT2D eigenvalue weighted by atomic mass is 10.1. The van der Waals surface area contributed by atoms with Crippen LogP contribution in [0.3, 0.4) is 0 Å². The van der Waals surface area contributed by atoms with Crippen molar-refractivity contribution in [2.45, 2.75) is 26.4 Å². The molecule has 78 valence electrons. The summed E-state index contributed by atoms with van der Waals surface area (Å²) in [5.41, 5.74) is -0.543. The van der Waals surface area contributed by atoms with Gasteiger partial charge < -0.3 is 9.47 Å². The molecule has 0 radical (unpaired) electrons. The van der Waals surface area contributed by atoms with E-state index in [2.05, 4.69) is 5.92 Å². The molecule has 0 amide bonds. The van der Waals surface area contributed by atoms with E-state index in [4.69, 9.17) is 15.9 Å². The molecule has 0 aliphatic heterocycles. The molecule has 0 rings (SSSR count). The minimum absolute atomic E-state index is 0.222. The van der Waals surface area contributed by atoms with Crippen molar-refractivity contribution in [2.24, 2.45) is 0 Å². The van der Waals surface area contributed by atoms with Gasteiger partial charge in [0.05, 0.1) is 12.2 Å². The van der Waals surface area contributed by atoms with Crippen LogP contribution in [0, 0.1) is 12.3 Å². The summed E-state index contributed by atoms with van der Waals surface area (Å²) in [4.78, 5) is 11.0. The third kappa shape index (κ3) is 6.27. The van der Waals surface area contributed by atoms with Gasteiger partial charge in [-0.2, -0.15) is 0 Å². The Hall–Kier alpha value is -1.27. The van der Waals surface area contributed by atoms with E-state index in [9.17, 15) is 4.79 Å². The first-order valence-corrected chi connectivity index (χ1v) is 4.45. The van der Waals surface area contributed by atoms with Crippen molar-refractivity contribution in [3.8, 4) is 12.3 Å². The smallest absolute Gasteiger partial charge is 0.330 e. The summed E-state index contributed by atoms with van der Waals surface area (Å²) in [6.45, 7) is 5.99. The van der Waals surface area contributed by atoms with Gasteiger partial charge in [-0.05, 0) is 26.8 Å². The van der Waals surface area contributed by atoms with E-state index in [0.29, 0.717) is 6.61 Å². The Morgan fingerprint density at radius 2 is 2.21 bits per heavy atom. The molecule has 0 bridgehead atoms. The monoisotopic (exact) mass is 196 g/mol. The molecule has 0 aliphatic rings. The second kappa shape index (κ2) is 6.22. The van der Waals surface area contributed by atoms with Gasteiger partial charge >= 0.3 is 5.97 Å². The van der Waals surface area contributed by atoms with E-state index in [-0.39, 0.29) is 12.6 Å². The van der Waals surface area contributed by atoms with Crippen LogP contribution in [-0.2, 0) is 14.3 Å². The molecule has 0 aromatic heterocycles. The molecule has 0 fully saturated rings. The molecular formula is C11H16O3. The number of rotatable bonds is 5. The van der Waals surface area contributed by atoms with Crippen molar-refractivity contribution < 1.29 is 14.3 Å². The van der Waals surface area contributed by atoms with Crippen LogP contribution in [-0.4, -0.2) is 24.8 Å². The van der Waals surface area contributed by atoms with E-state index in [1.807, 2.05) is 13.8 Å². The van der Waals surface area contributed by atoms with Crippen LogP contribution >= 0.6 is 0 Å².